The first-order valence-electron chi connectivity index (χ1n) is 5.74. The molecular weight excluding hydrogens is 238 g/mol. The zero-order valence-electron chi connectivity index (χ0n) is 10.3. The molecule has 1 aliphatic rings. The van der Waals surface area contributed by atoms with Gasteiger partial charge in [0.2, 0.25) is 5.76 Å². The fraction of sp³-hybridized carbons (Fsp3) is 0.500. The average Bonchev–Trinajstić information content (AvgIpc) is 2.77. The van der Waals surface area contributed by atoms with Gasteiger partial charge >= 0.3 is 5.97 Å². The number of carboxylic acids is 1. The maximum Gasteiger partial charge on any atom is 0.371 e. The predicted molar refractivity (Wildman–Crippen MR) is 61.6 cm³/mol. The summed E-state index contributed by atoms with van der Waals surface area (Å²) in [5, 5.41) is 8.76. The highest BCUT2D eigenvalue weighted by Gasteiger charge is 2.32. The fourth-order valence-corrected chi connectivity index (χ4v) is 2.10. The van der Waals surface area contributed by atoms with Crippen LogP contribution in [0.4, 0.5) is 0 Å². The molecule has 1 saturated heterocycles. The fourth-order valence-electron chi connectivity index (χ4n) is 2.10. The van der Waals surface area contributed by atoms with Gasteiger partial charge in [-0.15, -0.1) is 0 Å². The highest BCUT2D eigenvalue weighted by Crippen LogP contribution is 2.18. The number of hydrogen-bond donors (Lipinski definition) is 1. The van der Waals surface area contributed by atoms with Crippen molar-refractivity contribution < 1.29 is 23.8 Å². The highest BCUT2D eigenvalue weighted by atomic mass is 16.5. The van der Waals surface area contributed by atoms with E-state index in [2.05, 4.69) is 0 Å². The van der Waals surface area contributed by atoms with Crippen molar-refractivity contribution in [2.75, 3.05) is 13.2 Å². The van der Waals surface area contributed by atoms with Crippen molar-refractivity contribution in [1.82, 2.24) is 4.90 Å². The van der Waals surface area contributed by atoms with Crippen LogP contribution < -0.4 is 0 Å². The van der Waals surface area contributed by atoms with Crippen molar-refractivity contribution in [3.05, 3.63) is 23.7 Å². The molecule has 6 nitrogen and oxygen atoms in total. The lowest BCUT2D eigenvalue weighted by Crippen LogP contribution is -2.52. The van der Waals surface area contributed by atoms with Crippen LogP contribution in [0.15, 0.2) is 16.5 Å². The Morgan fingerprint density at radius 1 is 1.22 bits per heavy atom. The van der Waals surface area contributed by atoms with E-state index in [1.165, 1.54) is 12.1 Å². The number of ether oxygens (including phenoxy) is 1. The zero-order chi connectivity index (χ0) is 13.3. The van der Waals surface area contributed by atoms with E-state index in [9.17, 15) is 9.59 Å². The number of carbonyl (C=O) groups excluding carboxylic acids is 1. The van der Waals surface area contributed by atoms with E-state index in [-0.39, 0.29) is 29.5 Å². The molecule has 18 heavy (non-hydrogen) atoms. The van der Waals surface area contributed by atoms with E-state index in [1.54, 1.807) is 4.90 Å². The van der Waals surface area contributed by atoms with Gasteiger partial charge in [-0.25, -0.2) is 4.79 Å². The molecular formula is C12H15NO5. The summed E-state index contributed by atoms with van der Waals surface area (Å²) in [6, 6.07) is 2.56. The Morgan fingerprint density at radius 2 is 1.78 bits per heavy atom. The highest BCUT2D eigenvalue weighted by molar-refractivity contribution is 5.94. The molecule has 1 aromatic heterocycles. The van der Waals surface area contributed by atoms with Gasteiger partial charge in [-0.3, -0.25) is 4.79 Å². The number of morpholine rings is 1. The predicted octanol–water partition coefficient (Wildman–Crippen LogP) is 1.23. The van der Waals surface area contributed by atoms with Crippen molar-refractivity contribution >= 4 is 11.9 Å². The van der Waals surface area contributed by atoms with Gasteiger partial charge in [-0.2, -0.15) is 0 Å². The number of amides is 1. The van der Waals surface area contributed by atoms with Crippen molar-refractivity contribution in [3.63, 3.8) is 0 Å². The second-order valence-electron chi connectivity index (χ2n) is 4.42. The molecule has 0 radical (unpaired) electrons. The summed E-state index contributed by atoms with van der Waals surface area (Å²) in [4.78, 5) is 24.6. The molecule has 2 atom stereocenters. The minimum atomic E-state index is -1.18. The minimum Gasteiger partial charge on any atom is -0.475 e. The van der Waals surface area contributed by atoms with Crippen LogP contribution in [0.25, 0.3) is 0 Å². The molecule has 1 amide bonds. The van der Waals surface area contributed by atoms with Crippen LogP contribution in [0, 0.1) is 0 Å². The third kappa shape index (κ3) is 2.24. The SMILES string of the molecule is C[C@@H]1COC[C@H](C)N1C(=O)c1ccc(C(=O)O)o1. The van der Waals surface area contributed by atoms with Gasteiger partial charge in [0.15, 0.2) is 5.76 Å². The van der Waals surface area contributed by atoms with Gasteiger partial charge < -0.3 is 19.2 Å². The Bertz CT molecular complexity index is 457. The Kier molecular flexibility index (Phi) is 3.38. The third-order valence-corrected chi connectivity index (χ3v) is 2.93. The lowest BCUT2D eigenvalue weighted by Gasteiger charge is -2.38. The molecule has 98 valence electrons. The van der Waals surface area contributed by atoms with Crippen LogP contribution in [-0.2, 0) is 4.74 Å². The number of furan rings is 1. The largest absolute Gasteiger partial charge is 0.475 e. The van der Waals surface area contributed by atoms with E-state index in [0.717, 1.165) is 0 Å². The number of nitrogens with zero attached hydrogens (tertiary/aromatic N) is 1. The molecule has 1 aromatic rings. The summed E-state index contributed by atoms with van der Waals surface area (Å²) in [5.74, 6) is -1.66. The summed E-state index contributed by atoms with van der Waals surface area (Å²) >= 11 is 0. The monoisotopic (exact) mass is 253 g/mol. The molecule has 1 N–H and O–H groups in total. The molecule has 0 aliphatic carbocycles. The van der Waals surface area contributed by atoms with Crippen LogP contribution in [0.1, 0.15) is 35.0 Å². The number of carbonyl (C=O) groups is 2. The lowest BCUT2D eigenvalue weighted by molar-refractivity contribution is -0.0263. The van der Waals surface area contributed by atoms with Gasteiger partial charge in [-0.05, 0) is 26.0 Å². The summed E-state index contributed by atoms with van der Waals surface area (Å²) in [6.07, 6.45) is 0. The quantitative estimate of drug-likeness (QED) is 0.857. The van der Waals surface area contributed by atoms with Gasteiger partial charge in [-0.1, -0.05) is 0 Å². The van der Waals surface area contributed by atoms with Gasteiger partial charge in [0.1, 0.15) is 0 Å². The topological polar surface area (TPSA) is 80.0 Å². The molecule has 2 heterocycles. The van der Waals surface area contributed by atoms with E-state index in [4.69, 9.17) is 14.3 Å². The second-order valence-corrected chi connectivity index (χ2v) is 4.42. The minimum absolute atomic E-state index is 0.0491. The van der Waals surface area contributed by atoms with Gasteiger partial charge in [0, 0.05) is 0 Å². The number of aromatic carboxylic acids is 1. The zero-order valence-corrected chi connectivity index (χ0v) is 10.3. The normalized spacial score (nSPS) is 24.0. The molecule has 6 heteroatoms. The third-order valence-electron chi connectivity index (χ3n) is 2.93. The second kappa shape index (κ2) is 4.81. The van der Waals surface area contributed by atoms with E-state index in [1.807, 2.05) is 13.8 Å². The lowest BCUT2D eigenvalue weighted by atomic mass is 10.1. The molecule has 0 aromatic carbocycles. The van der Waals surface area contributed by atoms with E-state index >= 15 is 0 Å². The Morgan fingerprint density at radius 3 is 2.28 bits per heavy atom. The van der Waals surface area contributed by atoms with Crippen molar-refractivity contribution in [1.29, 1.82) is 0 Å². The number of rotatable bonds is 2. The van der Waals surface area contributed by atoms with Gasteiger partial charge in [0.05, 0.1) is 25.3 Å². The number of hydrogen-bond acceptors (Lipinski definition) is 4. The molecule has 0 bridgehead atoms. The van der Waals surface area contributed by atoms with Crippen LogP contribution in [0.5, 0.6) is 0 Å². The van der Waals surface area contributed by atoms with Crippen molar-refractivity contribution in [3.8, 4) is 0 Å². The molecule has 2 rings (SSSR count). The van der Waals surface area contributed by atoms with Crippen LogP contribution >= 0.6 is 0 Å². The Hall–Kier alpha value is -1.82. The number of carboxylic acid groups (broad SMARTS) is 1. The van der Waals surface area contributed by atoms with Crippen molar-refractivity contribution in [2.45, 2.75) is 25.9 Å². The van der Waals surface area contributed by atoms with Gasteiger partial charge in [0.25, 0.3) is 5.91 Å². The first-order chi connectivity index (χ1) is 8.50. The molecule has 0 spiro atoms. The molecule has 0 saturated carbocycles. The summed E-state index contributed by atoms with van der Waals surface area (Å²) in [5.41, 5.74) is 0. The van der Waals surface area contributed by atoms with E-state index < -0.39 is 5.97 Å². The summed E-state index contributed by atoms with van der Waals surface area (Å²) < 4.78 is 10.4. The maximum absolute atomic E-state index is 12.2. The first kappa shape index (κ1) is 12.6. The van der Waals surface area contributed by atoms with Crippen LogP contribution in [-0.4, -0.2) is 47.2 Å². The summed E-state index contributed by atoms with van der Waals surface area (Å²) in [6.45, 7) is 4.72. The molecule has 0 unspecified atom stereocenters. The van der Waals surface area contributed by atoms with E-state index in [0.29, 0.717) is 13.2 Å². The Labute approximate surface area is 104 Å². The maximum atomic E-state index is 12.2. The van der Waals surface area contributed by atoms with Crippen molar-refractivity contribution in [2.24, 2.45) is 0 Å². The first-order valence-corrected chi connectivity index (χ1v) is 5.74. The molecule has 1 fully saturated rings. The standard InChI is InChI=1S/C12H15NO5/c1-7-5-17-6-8(2)13(7)11(14)9-3-4-10(18-9)12(15)16/h3-4,7-8H,5-6H2,1-2H3,(H,15,16)/t7-,8+. The smallest absolute Gasteiger partial charge is 0.371 e. The molecule has 1 aliphatic heterocycles. The average molecular weight is 253 g/mol. The van der Waals surface area contributed by atoms with Crippen LogP contribution in [0.3, 0.4) is 0 Å². The summed E-state index contributed by atoms with van der Waals surface area (Å²) in [7, 11) is 0. The Balaban J connectivity index is 2.21. The van der Waals surface area contributed by atoms with Crippen LogP contribution in [0.2, 0.25) is 0 Å².